The van der Waals surface area contributed by atoms with Gasteiger partial charge in [-0.25, -0.2) is 9.97 Å². The first-order valence-electron chi connectivity index (χ1n) is 8.20. The molecule has 5 nitrogen and oxygen atoms in total. The van der Waals surface area contributed by atoms with Crippen molar-refractivity contribution in [3.63, 3.8) is 0 Å². The molecule has 0 aliphatic heterocycles. The Labute approximate surface area is 146 Å². The van der Waals surface area contributed by atoms with Crippen LogP contribution in [-0.4, -0.2) is 20.7 Å². The van der Waals surface area contributed by atoms with E-state index in [1.54, 1.807) is 6.20 Å². The first kappa shape index (κ1) is 16.8. The van der Waals surface area contributed by atoms with Gasteiger partial charge >= 0.3 is 0 Å². The van der Waals surface area contributed by atoms with Crippen LogP contribution in [0.25, 0.3) is 22.6 Å². The van der Waals surface area contributed by atoms with Crippen molar-refractivity contribution in [3.05, 3.63) is 59.0 Å². The van der Waals surface area contributed by atoms with E-state index in [0.29, 0.717) is 12.0 Å². The number of Topliss-reactive ketones (excluding diaryl/α,β-unsaturated/α-hetero) is 1. The van der Waals surface area contributed by atoms with Gasteiger partial charge < -0.3 is 5.73 Å². The van der Waals surface area contributed by atoms with Crippen LogP contribution in [0.3, 0.4) is 0 Å². The van der Waals surface area contributed by atoms with Gasteiger partial charge in [-0.15, -0.1) is 0 Å². The minimum Gasteiger partial charge on any atom is -0.368 e. The van der Waals surface area contributed by atoms with E-state index in [9.17, 15) is 4.79 Å². The molecule has 2 heterocycles. The number of carbonyl (C=O) groups is 1. The molecule has 0 radical (unpaired) electrons. The standard InChI is InChI=1S/C20H20N4O/c1-4-19(25)17(10-16-12(2)23-20(21)24-13(16)3)15-9-14-7-5-6-8-18(14)22-11-15/h5-11H,4H2,1-3H3,(H2,21,23,24)/b17-10-. The Morgan fingerprint density at radius 2 is 1.84 bits per heavy atom. The van der Waals surface area contributed by atoms with Crippen LogP contribution in [0.4, 0.5) is 5.95 Å². The summed E-state index contributed by atoms with van der Waals surface area (Å²) in [6.07, 6.45) is 4.00. The summed E-state index contributed by atoms with van der Waals surface area (Å²) in [5.41, 5.74) is 10.3. The summed E-state index contributed by atoms with van der Waals surface area (Å²) in [6, 6.07) is 9.84. The molecule has 0 amide bonds. The van der Waals surface area contributed by atoms with Crippen molar-refractivity contribution < 1.29 is 4.79 Å². The molecule has 0 fully saturated rings. The molecule has 0 saturated carbocycles. The van der Waals surface area contributed by atoms with Gasteiger partial charge in [-0.2, -0.15) is 0 Å². The summed E-state index contributed by atoms with van der Waals surface area (Å²) in [7, 11) is 0. The Morgan fingerprint density at radius 3 is 2.52 bits per heavy atom. The van der Waals surface area contributed by atoms with E-state index in [4.69, 9.17) is 5.73 Å². The van der Waals surface area contributed by atoms with E-state index < -0.39 is 0 Å². The number of anilines is 1. The predicted molar refractivity (Wildman–Crippen MR) is 101 cm³/mol. The number of para-hydroxylation sites is 1. The number of nitrogens with zero attached hydrogens (tertiary/aromatic N) is 3. The van der Waals surface area contributed by atoms with Crippen LogP contribution in [0.15, 0.2) is 36.5 Å². The van der Waals surface area contributed by atoms with Gasteiger partial charge in [0.15, 0.2) is 5.78 Å². The number of ketones is 1. The second-order valence-electron chi connectivity index (χ2n) is 5.92. The lowest BCUT2D eigenvalue weighted by molar-refractivity contribution is -0.113. The third-order valence-electron chi connectivity index (χ3n) is 4.16. The highest BCUT2D eigenvalue weighted by Gasteiger charge is 2.14. The van der Waals surface area contributed by atoms with Crippen molar-refractivity contribution in [3.8, 4) is 0 Å². The zero-order valence-electron chi connectivity index (χ0n) is 14.6. The molecule has 0 aliphatic carbocycles. The largest absolute Gasteiger partial charge is 0.368 e. The van der Waals surface area contributed by atoms with Crippen LogP contribution in [0.5, 0.6) is 0 Å². The molecular weight excluding hydrogens is 312 g/mol. The highest BCUT2D eigenvalue weighted by atomic mass is 16.1. The molecule has 0 saturated heterocycles. The fourth-order valence-corrected chi connectivity index (χ4v) is 2.84. The Balaban J connectivity index is 2.19. The summed E-state index contributed by atoms with van der Waals surface area (Å²) < 4.78 is 0. The smallest absolute Gasteiger partial charge is 0.220 e. The minimum absolute atomic E-state index is 0.0488. The number of nitrogens with two attached hydrogens (primary N) is 1. The third-order valence-corrected chi connectivity index (χ3v) is 4.16. The Bertz CT molecular complexity index is 969. The summed E-state index contributed by atoms with van der Waals surface area (Å²) in [5, 5.41) is 0.997. The first-order chi connectivity index (χ1) is 12.0. The van der Waals surface area contributed by atoms with Crippen molar-refractivity contribution in [2.75, 3.05) is 5.73 Å². The predicted octanol–water partition coefficient (Wildman–Crippen LogP) is 3.74. The van der Waals surface area contributed by atoms with Crippen LogP contribution >= 0.6 is 0 Å². The molecule has 2 aromatic heterocycles. The molecule has 0 spiro atoms. The second kappa shape index (κ2) is 6.81. The molecule has 0 bridgehead atoms. The highest BCUT2D eigenvalue weighted by molar-refractivity contribution is 6.25. The molecule has 2 N–H and O–H groups in total. The van der Waals surface area contributed by atoms with E-state index in [0.717, 1.165) is 33.4 Å². The van der Waals surface area contributed by atoms with Crippen LogP contribution in [0.2, 0.25) is 0 Å². The molecule has 3 rings (SSSR count). The number of rotatable bonds is 4. The molecule has 0 unspecified atom stereocenters. The normalized spacial score (nSPS) is 11.7. The average molecular weight is 332 g/mol. The lowest BCUT2D eigenvalue weighted by atomic mass is 9.97. The molecule has 1 aromatic carbocycles. The van der Waals surface area contributed by atoms with Crippen LogP contribution in [0, 0.1) is 13.8 Å². The van der Waals surface area contributed by atoms with E-state index >= 15 is 0 Å². The Kier molecular flexibility index (Phi) is 4.57. The van der Waals surface area contributed by atoms with Gasteiger partial charge in [0.05, 0.1) is 16.9 Å². The molecule has 0 atom stereocenters. The fourth-order valence-electron chi connectivity index (χ4n) is 2.84. The van der Waals surface area contributed by atoms with Gasteiger partial charge in [0.25, 0.3) is 0 Å². The number of nitrogen functional groups attached to an aromatic ring is 1. The SMILES string of the molecule is CCC(=O)/C(=C\c1c(C)nc(N)nc1C)c1cnc2ccccc2c1. The highest BCUT2D eigenvalue weighted by Crippen LogP contribution is 2.25. The zero-order chi connectivity index (χ0) is 18.0. The number of hydrogen-bond acceptors (Lipinski definition) is 5. The summed E-state index contributed by atoms with van der Waals surface area (Å²) in [5.74, 6) is 0.288. The van der Waals surface area contributed by atoms with E-state index in [-0.39, 0.29) is 11.7 Å². The Morgan fingerprint density at radius 1 is 1.16 bits per heavy atom. The number of aromatic nitrogens is 3. The second-order valence-corrected chi connectivity index (χ2v) is 5.92. The number of benzene rings is 1. The molecule has 3 aromatic rings. The van der Waals surface area contributed by atoms with Crippen molar-refractivity contribution >= 4 is 34.3 Å². The first-order valence-corrected chi connectivity index (χ1v) is 8.20. The quantitative estimate of drug-likeness (QED) is 0.736. The van der Waals surface area contributed by atoms with E-state index in [2.05, 4.69) is 15.0 Å². The van der Waals surface area contributed by atoms with E-state index in [1.165, 1.54) is 0 Å². The summed E-state index contributed by atoms with van der Waals surface area (Å²) in [4.78, 5) is 25.5. The van der Waals surface area contributed by atoms with Crippen molar-refractivity contribution in [2.24, 2.45) is 0 Å². The van der Waals surface area contributed by atoms with Crippen molar-refractivity contribution in [1.82, 2.24) is 15.0 Å². The number of fused-ring (bicyclic) bond motifs is 1. The maximum Gasteiger partial charge on any atom is 0.220 e. The van der Waals surface area contributed by atoms with Crippen LogP contribution in [0.1, 0.15) is 35.9 Å². The number of hydrogen-bond donors (Lipinski definition) is 1. The van der Waals surface area contributed by atoms with Crippen molar-refractivity contribution in [2.45, 2.75) is 27.2 Å². The minimum atomic E-state index is 0.0488. The topological polar surface area (TPSA) is 81.8 Å². The molecule has 126 valence electrons. The lowest BCUT2D eigenvalue weighted by Gasteiger charge is -2.10. The van der Waals surface area contributed by atoms with Crippen LogP contribution < -0.4 is 5.73 Å². The average Bonchev–Trinajstić information content (AvgIpc) is 2.60. The number of pyridine rings is 1. The van der Waals surface area contributed by atoms with E-state index in [1.807, 2.05) is 57.2 Å². The number of carbonyl (C=O) groups excluding carboxylic acids is 1. The lowest BCUT2D eigenvalue weighted by Crippen LogP contribution is -2.05. The van der Waals surface area contributed by atoms with Gasteiger partial charge in [0.1, 0.15) is 0 Å². The molecule has 0 aliphatic rings. The fraction of sp³-hybridized carbons (Fsp3) is 0.200. The van der Waals surface area contributed by atoms with Gasteiger partial charge in [0.2, 0.25) is 5.95 Å². The van der Waals surface area contributed by atoms with Gasteiger partial charge in [0, 0.05) is 34.7 Å². The molecular formula is C20H20N4O. The van der Waals surface area contributed by atoms with Gasteiger partial charge in [-0.05, 0) is 32.1 Å². The molecule has 25 heavy (non-hydrogen) atoms. The van der Waals surface area contributed by atoms with Crippen LogP contribution in [-0.2, 0) is 4.79 Å². The van der Waals surface area contributed by atoms with Gasteiger partial charge in [-0.1, -0.05) is 25.1 Å². The maximum atomic E-state index is 12.6. The Hall–Kier alpha value is -3.08. The number of aryl methyl sites for hydroxylation is 2. The third kappa shape index (κ3) is 3.40. The summed E-state index contributed by atoms with van der Waals surface area (Å²) in [6.45, 7) is 5.58. The monoisotopic (exact) mass is 332 g/mol. The van der Waals surface area contributed by atoms with Crippen molar-refractivity contribution in [1.29, 1.82) is 0 Å². The zero-order valence-corrected chi connectivity index (χ0v) is 14.6. The molecule has 5 heteroatoms. The summed E-state index contributed by atoms with van der Waals surface area (Å²) >= 11 is 0. The van der Waals surface area contributed by atoms with Gasteiger partial charge in [-0.3, -0.25) is 9.78 Å². The maximum absolute atomic E-state index is 12.6. The number of allylic oxidation sites excluding steroid dienone is 1.